The number of rotatable bonds is 2. The van der Waals surface area contributed by atoms with E-state index in [0.29, 0.717) is 0 Å². The predicted octanol–water partition coefficient (Wildman–Crippen LogP) is 12.9. The van der Waals surface area contributed by atoms with Crippen molar-refractivity contribution < 1.29 is 8.83 Å². The fourth-order valence-corrected chi connectivity index (χ4v) is 8.81. The van der Waals surface area contributed by atoms with Gasteiger partial charge in [-0.2, -0.15) is 0 Å². The van der Waals surface area contributed by atoms with Crippen molar-refractivity contribution >= 4 is 87.5 Å². The van der Waals surface area contributed by atoms with Crippen molar-refractivity contribution in [2.75, 3.05) is 0 Å². The Hall–Kier alpha value is -6.26. The second-order valence-electron chi connectivity index (χ2n) is 13.9. The summed E-state index contributed by atoms with van der Waals surface area (Å²) >= 11 is 0. The summed E-state index contributed by atoms with van der Waals surface area (Å²) in [6, 6.07) is 43.9. The normalized spacial score (nSPS) is 12.4. The Balaban J connectivity index is 1.22. The molecule has 0 saturated carbocycles. The molecule has 11 rings (SSSR count). The van der Waals surface area contributed by atoms with Gasteiger partial charge in [-0.25, -0.2) is 0 Å². The summed E-state index contributed by atoms with van der Waals surface area (Å²) in [4.78, 5) is 0. The third kappa shape index (κ3) is 3.45. The highest BCUT2D eigenvalue weighted by Crippen LogP contribution is 2.45. The van der Waals surface area contributed by atoms with E-state index in [4.69, 9.17) is 8.83 Å². The van der Waals surface area contributed by atoms with Crippen molar-refractivity contribution in [1.29, 1.82) is 0 Å². The average Bonchev–Trinajstić information content (AvgIpc) is 3.88. The number of hydrogen-bond donors (Lipinski definition) is 0. The van der Waals surface area contributed by atoms with E-state index in [-0.39, 0.29) is 0 Å². The molecule has 0 aliphatic heterocycles. The summed E-state index contributed by atoms with van der Waals surface area (Å²) < 4.78 is 18.3. The second kappa shape index (κ2) is 9.67. The lowest BCUT2D eigenvalue weighted by atomic mass is 9.97. The van der Waals surface area contributed by atoms with E-state index in [1.165, 1.54) is 60.3 Å². The Labute approximate surface area is 287 Å². The zero-order valence-electron chi connectivity index (χ0n) is 28.3. The van der Waals surface area contributed by atoms with Crippen LogP contribution in [0.5, 0.6) is 0 Å². The molecule has 11 aromatic rings. The molecule has 0 N–H and O–H groups in total. The molecule has 0 radical (unpaired) electrons. The predicted molar refractivity (Wildman–Crippen MR) is 209 cm³/mol. The Morgan fingerprint density at radius 2 is 0.720 bits per heavy atom. The SMILES string of the molecule is Cc1cc2oc3c(C)c4oc5cc(C)c(-n6c7ccccc7c7ccccc76)cc5c4c(C)c3c2cc1-n1c2ccccc2c2ccccc21. The maximum Gasteiger partial charge on any atom is 0.142 e. The van der Waals surface area contributed by atoms with Crippen LogP contribution in [0.3, 0.4) is 0 Å². The molecule has 0 fully saturated rings. The summed E-state index contributed by atoms with van der Waals surface area (Å²) in [5.74, 6) is 0. The van der Waals surface area contributed by atoms with Crippen LogP contribution in [0.4, 0.5) is 0 Å². The standard InChI is InChI=1S/C46H32N2O2/c1-25-21-41-33(23-39(25)47-35-17-9-5-13-29(35)30-14-6-10-18-36(30)47)43-27(3)44-34-24-40(26(2)22-42(34)50-46(44)28(4)45(43)49-41)48-37-19-11-7-15-31(37)32-16-8-12-20-38(32)48/h5-24H,1-4H3. The third-order valence-electron chi connectivity index (χ3n) is 11.1. The van der Waals surface area contributed by atoms with Crippen LogP contribution in [0, 0.1) is 27.7 Å². The number of aromatic nitrogens is 2. The van der Waals surface area contributed by atoms with Gasteiger partial charge in [0.05, 0.1) is 22.1 Å². The third-order valence-corrected chi connectivity index (χ3v) is 11.1. The smallest absolute Gasteiger partial charge is 0.142 e. The van der Waals surface area contributed by atoms with E-state index >= 15 is 0 Å². The average molecular weight is 645 g/mol. The van der Waals surface area contributed by atoms with Crippen molar-refractivity contribution in [3.63, 3.8) is 0 Å². The first kappa shape index (κ1) is 27.7. The maximum absolute atomic E-state index is 6.73. The van der Waals surface area contributed by atoms with E-state index in [0.717, 1.165) is 60.8 Å². The molecule has 238 valence electrons. The number of hydrogen-bond acceptors (Lipinski definition) is 2. The van der Waals surface area contributed by atoms with E-state index < -0.39 is 0 Å². The van der Waals surface area contributed by atoms with Gasteiger partial charge in [-0.3, -0.25) is 0 Å². The number of fused-ring (bicyclic) bond motifs is 12. The van der Waals surface area contributed by atoms with Gasteiger partial charge >= 0.3 is 0 Å². The zero-order chi connectivity index (χ0) is 33.4. The topological polar surface area (TPSA) is 36.1 Å². The minimum absolute atomic E-state index is 0.891. The molecule has 0 aliphatic carbocycles. The molecule has 4 heteroatoms. The van der Waals surface area contributed by atoms with Crippen LogP contribution in [0.2, 0.25) is 0 Å². The monoisotopic (exact) mass is 644 g/mol. The number of nitrogens with zero attached hydrogens (tertiary/aromatic N) is 2. The van der Waals surface area contributed by atoms with E-state index in [1.807, 2.05) is 0 Å². The van der Waals surface area contributed by atoms with Crippen LogP contribution in [-0.2, 0) is 0 Å². The van der Waals surface area contributed by atoms with Crippen LogP contribution >= 0.6 is 0 Å². The Morgan fingerprint density at radius 1 is 0.380 bits per heavy atom. The Kier molecular flexibility index (Phi) is 5.35. The molecule has 0 aliphatic rings. The molecule has 7 aromatic carbocycles. The van der Waals surface area contributed by atoms with Gasteiger partial charge in [-0.1, -0.05) is 72.8 Å². The van der Waals surface area contributed by atoms with Gasteiger partial charge in [0, 0.05) is 60.0 Å². The molecular weight excluding hydrogens is 613 g/mol. The summed E-state index contributed by atoms with van der Waals surface area (Å²) in [6.07, 6.45) is 0. The highest BCUT2D eigenvalue weighted by Gasteiger charge is 2.24. The molecular formula is C46H32N2O2. The van der Waals surface area contributed by atoms with Crippen molar-refractivity contribution in [1.82, 2.24) is 9.13 Å². The lowest BCUT2D eigenvalue weighted by Crippen LogP contribution is -1.97. The Bertz CT molecular complexity index is 2930. The van der Waals surface area contributed by atoms with Crippen LogP contribution in [-0.4, -0.2) is 9.13 Å². The van der Waals surface area contributed by atoms with Gasteiger partial charge in [-0.05, 0) is 92.9 Å². The Morgan fingerprint density at radius 3 is 1.08 bits per heavy atom. The van der Waals surface area contributed by atoms with Crippen LogP contribution < -0.4 is 0 Å². The van der Waals surface area contributed by atoms with Crippen LogP contribution in [0.25, 0.3) is 98.9 Å². The van der Waals surface area contributed by atoms with E-state index in [9.17, 15) is 0 Å². The highest BCUT2D eigenvalue weighted by molar-refractivity contribution is 6.21. The lowest BCUT2D eigenvalue weighted by molar-refractivity contribution is 0.650. The molecule has 50 heavy (non-hydrogen) atoms. The summed E-state index contributed by atoms with van der Waals surface area (Å²) in [5, 5.41) is 9.56. The van der Waals surface area contributed by atoms with E-state index in [1.54, 1.807) is 0 Å². The molecule has 0 saturated heterocycles. The van der Waals surface area contributed by atoms with Crippen molar-refractivity contribution in [2.45, 2.75) is 27.7 Å². The van der Waals surface area contributed by atoms with E-state index in [2.05, 4.69) is 158 Å². The largest absolute Gasteiger partial charge is 0.456 e. The van der Waals surface area contributed by atoms with Crippen LogP contribution in [0.15, 0.2) is 130 Å². The fraction of sp³-hybridized carbons (Fsp3) is 0.0870. The second-order valence-corrected chi connectivity index (χ2v) is 13.9. The van der Waals surface area contributed by atoms with Gasteiger partial charge in [0.25, 0.3) is 0 Å². The quantitative estimate of drug-likeness (QED) is 0.188. The molecule has 0 atom stereocenters. The van der Waals surface area contributed by atoms with Gasteiger partial charge < -0.3 is 18.0 Å². The van der Waals surface area contributed by atoms with Gasteiger partial charge in [0.2, 0.25) is 0 Å². The lowest BCUT2D eigenvalue weighted by Gasteiger charge is -2.12. The number of aryl methyl sites for hydroxylation is 4. The number of benzene rings is 7. The maximum atomic E-state index is 6.73. The molecule has 4 nitrogen and oxygen atoms in total. The minimum atomic E-state index is 0.891. The molecule has 0 amide bonds. The fourth-order valence-electron chi connectivity index (χ4n) is 8.81. The molecule has 0 bridgehead atoms. The van der Waals surface area contributed by atoms with Crippen molar-refractivity contribution in [2.24, 2.45) is 0 Å². The molecule has 4 heterocycles. The molecule has 0 unspecified atom stereocenters. The summed E-state index contributed by atoms with van der Waals surface area (Å²) in [7, 11) is 0. The van der Waals surface area contributed by atoms with Crippen LogP contribution in [0.1, 0.15) is 22.3 Å². The van der Waals surface area contributed by atoms with Gasteiger partial charge in [0.1, 0.15) is 22.3 Å². The van der Waals surface area contributed by atoms with Crippen molar-refractivity contribution in [3.8, 4) is 11.4 Å². The first-order valence-electron chi connectivity index (χ1n) is 17.3. The van der Waals surface area contributed by atoms with Gasteiger partial charge in [0.15, 0.2) is 0 Å². The first-order chi connectivity index (χ1) is 24.5. The van der Waals surface area contributed by atoms with Crippen molar-refractivity contribution in [3.05, 3.63) is 144 Å². The summed E-state index contributed by atoms with van der Waals surface area (Å²) in [5.41, 5.74) is 15.2. The highest BCUT2D eigenvalue weighted by atomic mass is 16.3. The molecule has 0 spiro atoms. The van der Waals surface area contributed by atoms with Gasteiger partial charge in [-0.15, -0.1) is 0 Å². The first-order valence-corrected chi connectivity index (χ1v) is 17.3. The number of furan rings is 2. The number of para-hydroxylation sites is 4. The zero-order valence-corrected chi connectivity index (χ0v) is 28.3. The minimum Gasteiger partial charge on any atom is -0.456 e. The molecule has 4 aromatic heterocycles. The summed E-state index contributed by atoms with van der Waals surface area (Å²) in [6.45, 7) is 8.73.